The summed E-state index contributed by atoms with van der Waals surface area (Å²) in [6, 6.07) is 8.97. The third-order valence-corrected chi connectivity index (χ3v) is 4.79. The Bertz CT molecular complexity index is 552. The second kappa shape index (κ2) is 4.90. The van der Waals surface area contributed by atoms with E-state index in [2.05, 4.69) is 46.5 Å². The third-order valence-electron chi connectivity index (χ3n) is 3.45. The maximum Gasteiger partial charge on any atom is 0.115 e. The second-order valence-corrected chi connectivity index (χ2v) is 5.72. The summed E-state index contributed by atoms with van der Waals surface area (Å²) < 4.78 is 0. The summed E-state index contributed by atoms with van der Waals surface area (Å²) in [4.78, 5) is 7.03. The molecule has 1 aliphatic rings. The lowest BCUT2D eigenvalue weighted by Gasteiger charge is -2.25. The number of aromatic nitrogens is 1. The van der Waals surface area contributed by atoms with Crippen LogP contribution in [0.4, 0.5) is 5.69 Å². The first-order valence-corrected chi connectivity index (χ1v) is 7.56. The Morgan fingerprint density at radius 1 is 1.44 bits per heavy atom. The first kappa shape index (κ1) is 12.0. The van der Waals surface area contributed by atoms with Crippen molar-refractivity contribution in [3.05, 3.63) is 45.9 Å². The number of anilines is 1. The highest BCUT2D eigenvalue weighted by Crippen LogP contribution is 2.35. The van der Waals surface area contributed by atoms with Gasteiger partial charge < -0.3 is 4.90 Å². The molecule has 1 aromatic heterocycles. The fourth-order valence-electron chi connectivity index (χ4n) is 2.48. The van der Waals surface area contributed by atoms with Gasteiger partial charge in [0.1, 0.15) is 5.01 Å². The molecule has 0 N–H and O–H groups in total. The van der Waals surface area contributed by atoms with Crippen LogP contribution in [0.25, 0.3) is 0 Å². The van der Waals surface area contributed by atoms with E-state index in [1.807, 2.05) is 0 Å². The highest BCUT2D eigenvalue weighted by Gasteiger charge is 2.25. The first-order chi connectivity index (χ1) is 8.79. The minimum Gasteiger partial charge on any atom is -0.362 e. The Balaban J connectivity index is 1.88. The van der Waals surface area contributed by atoms with Gasteiger partial charge in [0.15, 0.2) is 0 Å². The van der Waals surface area contributed by atoms with Gasteiger partial charge in [-0.25, -0.2) is 4.98 Å². The van der Waals surface area contributed by atoms with Gasteiger partial charge in [0.05, 0.1) is 17.6 Å². The molecular weight excluding hydrogens is 264 g/mol. The molecule has 0 saturated carbocycles. The Morgan fingerprint density at radius 3 is 3.06 bits per heavy atom. The third kappa shape index (κ3) is 2.02. The molecule has 1 unspecified atom stereocenters. The fourth-order valence-corrected chi connectivity index (χ4v) is 3.59. The summed E-state index contributed by atoms with van der Waals surface area (Å²) in [5.74, 6) is 0.500. The molecule has 3 rings (SSSR count). The van der Waals surface area contributed by atoms with Crippen LogP contribution in [0.1, 0.15) is 29.2 Å². The van der Waals surface area contributed by atoms with Crippen LogP contribution in [0.2, 0.25) is 0 Å². The molecule has 0 spiro atoms. The van der Waals surface area contributed by atoms with Crippen molar-refractivity contribution in [2.75, 3.05) is 11.4 Å². The summed E-state index contributed by atoms with van der Waals surface area (Å²) in [6.45, 7) is 3.30. The van der Waals surface area contributed by atoms with E-state index in [0.717, 1.165) is 23.7 Å². The Labute approximate surface area is 116 Å². The van der Waals surface area contributed by atoms with Crippen molar-refractivity contribution in [3.8, 4) is 0 Å². The smallest absolute Gasteiger partial charge is 0.115 e. The Hall–Kier alpha value is -1.06. The molecule has 0 bridgehead atoms. The van der Waals surface area contributed by atoms with Gasteiger partial charge in [0, 0.05) is 17.6 Å². The largest absolute Gasteiger partial charge is 0.362 e. The van der Waals surface area contributed by atoms with E-state index in [4.69, 9.17) is 11.6 Å². The number of thiazole rings is 1. The van der Waals surface area contributed by atoms with E-state index < -0.39 is 0 Å². The van der Waals surface area contributed by atoms with E-state index in [1.54, 1.807) is 11.3 Å². The van der Waals surface area contributed by atoms with E-state index in [9.17, 15) is 0 Å². The zero-order chi connectivity index (χ0) is 12.5. The van der Waals surface area contributed by atoms with Gasteiger partial charge in [-0.3, -0.25) is 0 Å². The van der Waals surface area contributed by atoms with Crippen LogP contribution in [0.15, 0.2) is 29.6 Å². The molecule has 0 saturated heterocycles. The standard InChI is InChI=1S/C14H15ClN2S/c1-10(14-16-12(8-15)9-18-14)17-7-6-11-4-2-3-5-13(11)17/h2-5,9-10H,6-8H2,1H3. The van der Waals surface area contributed by atoms with Crippen LogP contribution in [0, 0.1) is 0 Å². The lowest BCUT2D eigenvalue weighted by molar-refractivity contribution is 0.690. The highest BCUT2D eigenvalue weighted by molar-refractivity contribution is 7.09. The summed E-state index contributed by atoms with van der Waals surface area (Å²) in [5, 5.41) is 3.21. The number of hydrogen-bond acceptors (Lipinski definition) is 3. The van der Waals surface area contributed by atoms with Crippen molar-refractivity contribution in [1.29, 1.82) is 0 Å². The fraction of sp³-hybridized carbons (Fsp3) is 0.357. The number of halogens is 1. The van der Waals surface area contributed by atoms with Crippen LogP contribution >= 0.6 is 22.9 Å². The van der Waals surface area contributed by atoms with Gasteiger partial charge in [-0.05, 0) is 25.0 Å². The van der Waals surface area contributed by atoms with E-state index in [0.29, 0.717) is 11.9 Å². The Morgan fingerprint density at radius 2 is 2.28 bits per heavy atom. The number of para-hydroxylation sites is 1. The van der Waals surface area contributed by atoms with E-state index >= 15 is 0 Å². The first-order valence-electron chi connectivity index (χ1n) is 6.14. The lowest BCUT2D eigenvalue weighted by Crippen LogP contribution is -2.24. The number of hydrogen-bond donors (Lipinski definition) is 0. The molecule has 18 heavy (non-hydrogen) atoms. The monoisotopic (exact) mass is 278 g/mol. The van der Waals surface area contributed by atoms with Crippen LogP contribution in [-0.2, 0) is 12.3 Å². The zero-order valence-corrected chi connectivity index (χ0v) is 11.8. The van der Waals surface area contributed by atoms with Crippen molar-refractivity contribution in [3.63, 3.8) is 0 Å². The molecule has 0 aliphatic carbocycles. The molecule has 94 valence electrons. The lowest BCUT2D eigenvalue weighted by atomic mass is 10.2. The van der Waals surface area contributed by atoms with Crippen molar-refractivity contribution >= 4 is 28.6 Å². The molecular formula is C14H15ClN2S. The van der Waals surface area contributed by atoms with Gasteiger partial charge >= 0.3 is 0 Å². The van der Waals surface area contributed by atoms with Gasteiger partial charge in [0.25, 0.3) is 0 Å². The molecule has 1 aliphatic heterocycles. The molecule has 1 aromatic carbocycles. The molecule has 1 atom stereocenters. The number of nitrogens with zero attached hydrogens (tertiary/aromatic N) is 2. The average molecular weight is 279 g/mol. The number of alkyl halides is 1. The SMILES string of the molecule is CC(c1nc(CCl)cs1)N1CCc2ccccc21. The van der Waals surface area contributed by atoms with Crippen molar-refractivity contribution in [2.24, 2.45) is 0 Å². The topological polar surface area (TPSA) is 16.1 Å². The molecule has 2 heterocycles. The normalized spacial score (nSPS) is 15.8. The number of rotatable bonds is 3. The molecule has 2 nitrogen and oxygen atoms in total. The van der Waals surface area contributed by atoms with Crippen molar-refractivity contribution in [1.82, 2.24) is 4.98 Å². The van der Waals surface area contributed by atoms with Gasteiger partial charge in [-0.1, -0.05) is 18.2 Å². The minimum absolute atomic E-state index is 0.329. The molecule has 4 heteroatoms. The van der Waals surface area contributed by atoms with Crippen LogP contribution < -0.4 is 4.90 Å². The molecule has 0 fully saturated rings. The van der Waals surface area contributed by atoms with E-state index in [1.165, 1.54) is 11.3 Å². The second-order valence-electron chi connectivity index (χ2n) is 4.56. The van der Waals surface area contributed by atoms with Gasteiger partial charge in [-0.15, -0.1) is 22.9 Å². The van der Waals surface area contributed by atoms with Crippen molar-refractivity contribution in [2.45, 2.75) is 25.3 Å². The number of fused-ring (bicyclic) bond motifs is 1. The van der Waals surface area contributed by atoms with Crippen LogP contribution in [-0.4, -0.2) is 11.5 Å². The summed E-state index contributed by atoms with van der Waals surface area (Å²) in [7, 11) is 0. The van der Waals surface area contributed by atoms with Gasteiger partial charge in [-0.2, -0.15) is 0 Å². The molecule has 0 radical (unpaired) electrons. The predicted octanol–water partition coefficient (Wildman–Crippen LogP) is 4.01. The number of benzene rings is 1. The summed E-state index contributed by atoms with van der Waals surface area (Å²) >= 11 is 7.52. The minimum atomic E-state index is 0.329. The average Bonchev–Trinajstić information content (AvgIpc) is 3.04. The molecule has 2 aromatic rings. The maximum atomic E-state index is 5.82. The Kier molecular flexibility index (Phi) is 3.27. The quantitative estimate of drug-likeness (QED) is 0.789. The van der Waals surface area contributed by atoms with Crippen LogP contribution in [0.3, 0.4) is 0 Å². The van der Waals surface area contributed by atoms with E-state index in [-0.39, 0.29) is 0 Å². The van der Waals surface area contributed by atoms with Crippen molar-refractivity contribution < 1.29 is 0 Å². The predicted molar refractivity (Wildman–Crippen MR) is 77.6 cm³/mol. The summed E-state index contributed by atoms with van der Waals surface area (Å²) in [5.41, 5.74) is 3.78. The van der Waals surface area contributed by atoms with Crippen LogP contribution in [0.5, 0.6) is 0 Å². The van der Waals surface area contributed by atoms with Gasteiger partial charge in [0.2, 0.25) is 0 Å². The summed E-state index contributed by atoms with van der Waals surface area (Å²) in [6.07, 6.45) is 1.13. The maximum absolute atomic E-state index is 5.82. The molecule has 0 amide bonds. The zero-order valence-electron chi connectivity index (χ0n) is 10.3. The highest BCUT2D eigenvalue weighted by atomic mass is 35.5.